The number of rotatable bonds is 9. The molecular weight excluding hydrogens is 540 g/mol. The van der Waals surface area contributed by atoms with Gasteiger partial charge in [0.25, 0.3) is 11.8 Å². The van der Waals surface area contributed by atoms with Crippen LogP contribution in [-0.2, 0) is 11.4 Å². The Kier molecular flexibility index (Phi) is 9.16. The Morgan fingerprint density at radius 1 is 0.927 bits per heavy atom. The molecule has 0 bridgehead atoms. The minimum atomic E-state index is -1.28. The van der Waals surface area contributed by atoms with E-state index in [-0.39, 0.29) is 34.7 Å². The van der Waals surface area contributed by atoms with Crippen molar-refractivity contribution in [2.24, 2.45) is 0 Å². The number of carbonyl (C=O) groups is 2. The molecule has 210 valence electrons. The van der Waals surface area contributed by atoms with E-state index in [2.05, 4.69) is 5.32 Å². The van der Waals surface area contributed by atoms with Crippen LogP contribution in [0.2, 0.25) is 5.02 Å². The molecule has 2 amide bonds. The molecule has 0 aliphatic heterocycles. The van der Waals surface area contributed by atoms with Crippen LogP contribution in [-0.4, -0.2) is 17.9 Å². The van der Waals surface area contributed by atoms with Crippen molar-refractivity contribution in [1.29, 1.82) is 0 Å². The standard InChI is InChI=1S/C33H31ClN2O5/c34-27-19-11-10-18-26(27)33(39)36(25-16-8-3-9-17-25)31(32(38)35-24-14-6-2-7-15-24)29-20-28(37)30(22-41-29)40-21-23-12-4-1-5-13-23/h1,3-5,8-13,16-20,22,24,31H,2,6-7,14-15,21H2,(H,35,38). The van der Waals surface area contributed by atoms with Crippen LogP contribution in [0.25, 0.3) is 0 Å². The Morgan fingerprint density at radius 2 is 1.59 bits per heavy atom. The maximum absolute atomic E-state index is 14.1. The van der Waals surface area contributed by atoms with Crippen LogP contribution in [0.1, 0.15) is 59.8 Å². The number of ether oxygens (including phenoxy) is 1. The summed E-state index contributed by atoms with van der Waals surface area (Å²) in [5, 5.41) is 3.36. The number of hydrogen-bond acceptors (Lipinski definition) is 5. The number of carbonyl (C=O) groups excluding carboxylic acids is 2. The lowest BCUT2D eigenvalue weighted by Gasteiger charge is -2.32. The first-order valence-corrected chi connectivity index (χ1v) is 14.1. The van der Waals surface area contributed by atoms with Crippen molar-refractivity contribution in [3.63, 3.8) is 0 Å². The zero-order chi connectivity index (χ0) is 28.6. The van der Waals surface area contributed by atoms with E-state index >= 15 is 0 Å². The lowest BCUT2D eigenvalue weighted by molar-refractivity contribution is -0.123. The highest BCUT2D eigenvalue weighted by Crippen LogP contribution is 2.32. The molecule has 1 saturated carbocycles. The summed E-state index contributed by atoms with van der Waals surface area (Å²) in [5.74, 6) is -0.924. The van der Waals surface area contributed by atoms with Gasteiger partial charge in [-0.2, -0.15) is 0 Å². The van der Waals surface area contributed by atoms with Crippen molar-refractivity contribution in [1.82, 2.24) is 5.32 Å². The maximum atomic E-state index is 14.1. The second-order valence-electron chi connectivity index (χ2n) is 10.0. The van der Waals surface area contributed by atoms with Crippen LogP contribution in [0.5, 0.6) is 5.75 Å². The second kappa shape index (κ2) is 13.3. The number of halogens is 1. The van der Waals surface area contributed by atoms with Gasteiger partial charge in [0.2, 0.25) is 11.2 Å². The van der Waals surface area contributed by atoms with Crippen molar-refractivity contribution in [3.05, 3.63) is 129 Å². The first kappa shape index (κ1) is 28.2. The van der Waals surface area contributed by atoms with Gasteiger partial charge in [-0.15, -0.1) is 0 Å². The summed E-state index contributed by atoms with van der Waals surface area (Å²) in [7, 11) is 0. The third kappa shape index (κ3) is 6.87. The molecule has 1 N–H and O–H groups in total. The average molecular weight is 571 g/mol. The van der Waals surface area contributed by atoms with Gasteiger partial charge in [-0.05, 0) is 42.7 Å². The van der Waals surface area contributed by atoms with Crippen molar-refractivity contribution in [3.8, 4) is 5.75 Å². The Bertz CT molecular complexity index is 1530. The average Bonchev–Trinajstić information content (AvgIpc) is 3.00. The molecule has 1 fully saturated rings. The minimum Gasteiger partial charge on any atom is -0.482 e. The Balaban J connectivity index is 1.54. The van der Waals surface area contributed by atoms with Crippen LogP contribution in [0.3, 0.4) is 0 Å². The number of benzene rings is 3. The summed E-state index contributed by atoms with van der Waals surface area (Å²) >= 11 is 6.43. The zero-order valence-corrected chi connectivity index (χ0v) is 23.3. The van der Waals surface area contributed by atoms with Crippen LogP contribution in [0, 0.1) is 0 Å². The predicted molar refractivity (Wildman–Crippen MR) is 158 cm³/mol. The molecular formula is C33H31ClN2O5. The number of amides is 2. The molecule has 1 unspecified atom stereocenters. The lowest BCUT2D eigenvalue weighted by atomic mass is 9.95. The molecule has 4 aromatic rings. The topological polar surface area (TPSA) is 88.8 Å². The van der Waals surface area contributed by atoms with Crippen molar-refractivity contribution >= 4 is 29.1 Å². The van der Waals surface area contributed by atoms with E-state index in [4.69, 9.17) is 20.8 Å². The van der Waals surface area contributed by atoms with E-state index in [0.717, 1.165) is 37.7 Å². The number of anilines is 1. The van der Waals surface area contributed by atoms with Crippen LogP contribution in [0.4, 0.5) is 5.69 Å². The summed E-state index contributed by atoms with van der Waals surface area (Å²) in [6.45, 7) is 0.178. The van der Waals surface area contributed by atoms with Gasteiger partial charge in [-0.25, -0.2) is 0 Å². The first-order chi connectivity index (χ1) is 20.0. The zero-order valence-electron chi connectivity index (χ0n) is 22.5. The molecule has 0 saturated heterocycles. The fourth-order valence-electron chi connectivity index (χ4n) is 5.04. The van der Waals surface area contributed by atoms with Gasteiger partial charge in [-0.3, -0.25) is 19.3 Å². The van der Waals surface area contributed by atoms with E-state index in [0.29, 0.717) is 5.69 Å². The maximum Gasteiger partial charge on any atom is 0.260 e. The van der Waals surface area contributed by atoms with E-state index in [1.165, 1.54) is 17.2 Å². The molecule has 5 rings (SSSR count). The third-order valence-corrected chi connectivity index (χ3v) is 7.47. The largest absolute Gasteiger partial charge is 0.482 e. The smallest absolute Gasteiger partial charge is 0.260 e. The fourth-order valence-corrected chi connectivity index (χ4v) is 5.25. The molecule has 1 heterocycles. The van der Waals surface area contributed by atoms with Gasteiger partial charge >= 0.3 is 0 Å². The normalized spacial score (nSPS) is 14.2. The molecule has 1 aliphatic carbocycles. The molecule has 0 radical (unpaired) electrons. The van der Waals surface area contributed by atoms with Crippen molar-refractivity contribution in [2.45, 2.75) is 50.8 Å². The molecule has 41 heavy (non-hydrogen) atoms. The monoisotopic (exact) mass is 570 g/mol. The minimum absolute atomic E-state index is 0.00716. The third-order valence-electron chi connectivity index (χ3n) is 7.14. The highest BCUT2D eigenvalue weighted by atomic mass is 35.5. The molecule has 1 aliphatic rings. The molecule has 3 aromatic carbocycles. The van der Waals surface area contributed by atoms with E-state index in [1.54, 1.807) is 48.5 Å². The van der Waals surface area contributed by atoms with Crippen LogP contribution in [0.15, 0.2) is 106 Å². The van der Waals surface area contributed by atoms with Crippen molar-refractivity contribution < 1.29 is 18.7 Å². The van der Waals surface area contributed by atoms with E-state index in [9.17, 15) is 14.4 Å². The van der Waals surface area contributed by atoms with Gasteiger partial charge in [-0.1, -0.05) is 91.5 Å². The molecule has 8 heteroatoms. The summed E-state index contributed by atoms with van der Waals surface area (Å²) in [5.41, 5.74) is 1.10. The van der Waals surface area contributed by atoms with E-state index < -0.39 is 23.3 Å². The Hall–Kier alpha value is -4.36. The molecule has 7 nitrogen and oxygen atoms in total. The number of hydrogen-bond donors (Lipinski definition) is 1. The molecule has 1 atom stereocenters. The first-order valence-electron chi connectivity index (χ1n) is 13.7. The summed E-state index contributed by atoms with van der Waals surface area (Å²) in [6.07, 6.45) is 6.04. The van der Waals surface area contributed by atoms with E-state index in [1.807, 2.05) is 36.4 Å². The highest BCUT2D eigenvalue weighted by Gasteiger charge is 2.37. The Labute approximate surface area is 243 Å². The lowest BCUT2D eigenvalue weighted by Crippen LogP contribution is -2.47. The van der Waals surface area contributed by atoms with Crippen LogP contribution < -0.4 is 20.4 Å². The SMILES string of the molecule is O=C(NC1CCCCC1)C(c1cc(=O)c(OCc2ccccc2)co1)N(C(=O)c1ccccc1Cl)c1ccccc1. The summed E-state index contributed by atoms with van der Waals surface area (Å²) in [4.78, 5) is 42.7. The molecule has 0 spiro atoms. The van der Waals surface area contributed by atoms with Gasteiger partial charge in [0.15, 0.2) is 6.04 Å². The van der Waals surface area contributed by atoms with Gasteiger partial charge in [0.1, 0.15) is 18.6 Å². The summed E-state index contributed by atoms with van der Waals surface area (Å²) in [6, 6.07) is 24.8. The fraction of sp³-hybridized carbons (Fsp3) is 0.242. The predicted octanol–water partition coefficient (Wildman–Crippen LogP) is 6.71. The Morgan fingerprint density at radius 3 is 2.27 bits per heavy atom. The number of nitrogens with one attached hydrogen (secondary N) is 1. The number of nitrogens with zero attached hydrogens (tertiary/aromatic N) is 1. The summed E-state index contributed by atoms with van der Waals surface area (Å²) < 4.78 is 11.6. The van der Waals surface area contributed by atoms with Crippen LogP contribution >= 0.6 is 11.6 Å². The quantitative estimate of drug-likeness (QED) is 0.242. The molecule has 1 aromatic heterocycles. The van der Waals surface area contributed by atoms with Gasteiger partial charge < -0.3 is 14.5 Å². The van der Waals surface area contributed by atoms with Gasteiger partial charge in [0.05, 0.1) is 10.6 Å². The highest BCUT2D eigenvalue weighted by molar-refractivity contribution is 6.34. The second-order valence-corrected chi connectivity index (χ2v) is 10.4. The van der Waals surface area contributed by atoms with Crippen molar-refractivity contribution in [2.75, 3.05) is 4.90 Å². The number of para-hydroxylation sites is 1. The van der Waals surface area contributed by atoms with Gasteiger partial charge in [0, 0.05) is 17.8 Å².